The number of thiazole rings is 1. The van der Waals surface area contributed by atoms with Crippen LogP contribution in [0.15, 0.2) is 22.1 Å². The number of hydrogen-bond acceptors (Lipinski definition) is 4. The van der Waals surface area contributed by atoms with Crippen molar-refractivity contribution in [2.75, 3.05) is 5.32 Å². The summed E-state index contributed by atoms with van der Waals surface area (Å²) in [5.74, 6) is -0.216. The largest absolute Gasteiger partial charge is 0.320 e. The van der Waals surface area contributed by atoms with Crippen LogP contribution in [0, 0.1) is 13.8 Å². The number of carbonyl (C=O) groups excluding carboxylic acids is 1. The lowest BCUT2D eigenvalue weighted by molar-refractivity contribution is 0.102. The van der Waals surface area contributed by atoms with Crippen LogP contribution in [0.2, 0.25) is 0 Å². The molecule has 1 N–H and O–H groups in total. The highest BCUT2D eigenvalue weighted by atomic mass is 79.9. The van der Waals surface area contributed by atoms with E-state index in [0.29, 0.717) is 5.69 Å². The van der Waals surface area contributed by atoms with Crippen LogP contribution in [0.5, 0.6) is 0 Å². The first-order valence-electron chi connectivity index (χ1n) is 4.93. The van der Waals surface area contributed by atoms with Crippen molar-refractivity contribution in [1.29, 1.82) is 0 Å². The topological polar surface area (TPSA) is 54.9 Å². The Morgan fingerprint density at radius 1 is 1.47 bits per heavy atom. The Morgan fingerprint density at radius 3 is 2.82 bits per heavy atom. The van der Waals surface area contributed by atoms with Crippen molar-refractivity contribution in [1.82, 2.24) is 9.97 Å². The average molecular weight is 312 g/mol. The summed E-state index contributed by atoms with van der Waals surface area (Å²) in [7, 11) is 0. The lowest BCUT2D eigenvalue weighted by Gasteiger charge is -2.03. The fourth-order valence-corrected chi connectivity index (χ4v) is 2.96. The summed E-state index contributed by atoms with van der Waals surface area (Å²) in [6.45, 7) is 3.74. The van der Waals surface area contributed by atoms with Crippen LogP contribution in [0.3, 0.4) is 0 Å². The molecule has 2 rings (SSSR count). The molecule has 0 aliphatic carbocycles. The van der Waals surface area contributed by atoms with Crippen LogP contribution in [-0.2, 0) is 0 Å². The second-order valence-corrected chi connectivity index (χ2v) is 6.02. The summed E-state index contributed by atoms with van der Waals surface area (Å²) < 4.78 is 0.748. The molecule has 0 saturated carbocycles. The molecule has 6 heteroatoms. The second kappa shape index (κ2) is 4.93. The number of nitrogens with one attached hydrogen (secondary N) is 1. The van der Waals surface area contributed by atoms with Crippen LogP contribution in [0.25, 0.3) is 0 Å². The minimum atomic E-state index is -0.216. The highest BCUT2D eigenvalue weighted by Gasteiger charge is 2.15. The normalized spacial score (nSPS) is 10.3. The van der Waals surface area contributed by atoms with Gasteiger partial charge in [-0.05, 0) is 41.9 Å². The molecule has 4 nitrogen and oxygen atoms in total. The summed E-state index contributed by atoms with van der Waals surface area (Å²) in [6.07, 6.45) is 1.66. The Hall–Kier alpha value is -1.27. The first kappa shape index (κ1) is 12.2. The van der Waals surface area contributed by atoms with Gasteiger partial charge in [0.15, 0.2) is 5.69 Å². The van der Waals surface area contributed by atoms with Gasteiger partial charge in [0.05, 0.1) is 5.01 Å². The first-order chi connectivity index (χ1) is 8.06. The maximum absolute atomic E-state index is 11.9. The quantitative estimate of drug-likeness (QED) is 0.926. The van der Waals surface area contributed by atoms with Crippen molar-refractivity contribution < 1.29 is 4.79 Å². The Balaban J connectivity index is 2.20. The van der Waals surface area contributed by atoms with E-state index in [1.165, 1.54) is 11.3 Å². The van der Waals surface area contributed by atoms with Crippen molar-refractivity contribution in [3.63, 3.8) is 0 Å². The summed E-state index contributed by atoms with van der Waals surface area (Å²) in [4.78, 5) is 20.2. The lowest BCUT2D eigenvalue weighted by Crippen LogP contribution is -2.13. The van der Waals surface area contributed by atoms with E-state index in [2.05, 4.69) is 31.2 Å². The Labute approximate surface area is 111 Å². The number of rotatable bonds is 2. The predicted octanol–water partition coefficient (Wildman–Crippen LogP) is 3.17. The van der Waals surface area contributed by atoms with Crippen molar-refractivity contribution in [2.24, 2.45) is 0 Å². The monoisotopic (exact) mass is 311 g/mol. The van der Waals surface area contributed by atoms with E-state index in [1.54, 1.807) is 12.3 Å². The zero-order valence-corrected chi connectivity index (χ0v) is 11.7. The molecular weight excluding hydrogens is 302 g/mol. The molecule has 0 fully saturated rings. The highest BCUT2D eigenvalue weighted by Crippen LogP contribution is 2.25. The van der Waals surface area contributed by atoms with Gasteiger partial charge in [0.2, 0.25) is 0 Å². The van der Waals surface area contributed by atoms with Crippen LogP contribution in [0.1, 0.15) is 21.2 Å². The van der Waals surface area contributed by atoms with E-state index in [0.717, 1.165) is 20.2 Å². The molecule has 0 aromatic carbocycles. The van der Waals surface area contributed by atoms with Gasteiger partial charge in [-0.1, -0.05) is 0 Å². The van der Waals surface area contributed by atoms with Gasteiger partial charge in [-0.3, -0.25) is 9.78 Å². The molecule has 2 aromatic rings. The van der Waals surface area contributed by atoms with E-state index in [-0.39, 0.29) is 5.91 Å². The molecule has 0 atom stereocenters. The van der Waals surface area contributed by atoms with E-state index >= 15 is 0 Å². The molecule has 0 spiro atoms. The maximum Gasteiger partial charge on any atom is 0.276 e. The number of pyridine rings is 1. The predicted molar refractivity (Wildman–Crippen MR) is 71.5 cm³/mol. The molecule has 0 bridgehead atoms. The van der Waals surface area contributed by atoms with Crippen molar-refractivity contribution in [3.8, 4) is 0 Å². The Bertz CT molecular complexity index is 568. The van der Waals surface area contributed by atoms with Crippen LogP contribution >= 0.6 is 27.3 Å². The highest BCUT2D eigenvalue weighted by molar-refractivity contribution is 9.11. The van der Waals surface area contributed by atoms with Crippen molar-refractivity contribution >= 4 is 38.9 Å². The van der Waals surface area contributed by atoms with Gasteiger partial charge in [0, 0.05) is 17.6 Å². The van der Waals surface area contributed by atoms with Gasteiger partial charge < -0.3 is 5.32 Å². The van der Waals surface area contributed by atoms with E-state index in [4.69, 9.17) is 0 Å². The molecule has 2 heterocycles. The molecule has 17 heavy (non-hydrogen) atoms. The molecule has 0 saturated heterocycles. The van der Waals surface area contributed by atoms with Crippen molar-refractivity contribution in [2.45, 2.75) is 13.8 Å². The molecule has 0 radical (unpaired) electrons. The van der Waals surface area contributed by atoms with E-state index < -0.39 is 0 Å². The molecule has 0 unspecified atom stereocenters. The third-order valence-corrected chi connectivity index (χ3v) is 3.68. The zero-order valence-electron chi connectivity index (χ0n) is 9.32. The van der Waals surface area contributed by atoms with Crippen molar-refractivity contribution in [3.05, 3.63) is 38.5 Å². The fourth-order valence-electron chi connectivity index (χ4n) is 1.36. The van der Waals surface area contributed by atoms with Crippen LogP contribution in [0.4, 0.5) is 5.69 Å². The number of carbonyl (C=O) groups is 1. The number of aryl methyl sites for hydroxylation is 2. The maximum atomic E-state index is 11.9. The zero-order chi connectivity index (χ0) is 12.4. The van der Waals surface area contributed by atoms with Crippen LogP contribution in [-0.4, -0.2) is 15.9 Å². The first-order valence-corrected chi connectivity index (χ1v) is 6.54. The number of halogens is 1. The van der Waals surface area contributed by atoms with Gasteiger partial charge >= 0.3 is 0 Å². The summed E-state index contributed by atoms with van der Waals surface area (Å²) in [5.41, 5.74) is 2.00. The number of aromatic nitrogens is 2. The molecule has 88 valence electrons. The van der Waals surface area contributed by atoms with E-state index in [1.807, 2.05) is 19.9 Å². The minimum Gasteiger partial charge on any atom is -0.320 e. The molecule has 2 aromatic heterocycles. The van der Waals surface area contributed by atoms with Crippen LogP contribution < -0.4 is 5.32 Å². The third kappa shape index (κ3) is 2.89. The van der Waals surface area contributed by atoms with Gasteiger partial charge in [-0.2, -0.15) is 0 Å². The Morgan fingerprint density at radius 2 is 2.24 bits per heavy atom. The lowest BCUT2D eigenvalue weighted by atomic mass is 10.3. The number of amides is 1. The second-order valence-electron chi connectivity index (χ2n) is 3.50. The number of hydrogen-bond donors (Lipinski definition) is 1. The SMILES string of the molecule is Cc1cc(NC(=O)c2nc(C)sc2Br)ccn1. The standard InChI is InChI=1S/C11H10BrN3OS/c1-6-5-8(3-4-13-6)15-11(16)9-10(12)17-7(2)14-9/h3-5H,1-2H3,(H,13,15,16). The van der Waals surface area contributed by atoms with Gasteiger partial charge in [-0.25, -0.2) is 4.98 Å². The summed E-state index contributed by atoms with van der Waals surface area (Å²) in [6, 6.07) is 3.56. The Kier molecular flexibility index (Phi) is 3.54. The summed E-state index contributed by atoms with van der Waals surface area (Å²) >= 11 is 4.77. The van der Waals surface area contributed by atoms with Gasteiger partial charge in [0.25, 0.3) is 5.91 Å². The minimum absolute atomic E-state index is 0.216. The molecule has 0 aliphatic rings. The van der Waals surface area contributed by atoms with Gasteiger partial charge in [-0.15, -0.1) is 11.3 Å². The van der Waals surface area contributed by atoms with Gasteiger partial charge in [0.1, 0.15) is 3.79 Å². The van der Waals surface area contributed by atoms with E-state index in [9.17, 15) is 4.79 Å². The third-order valence-electron chi connectivity index (χ3n) is 2.06. The number of nitrogens with zero attached hydrogens (tertiary/aromatic N) is 2. The fraction of sp³-hybridized carbons (Fsp3) is 0.182. The smallest absolute Gasteiger partial charge is 0.276 e. The molecule has 0 aliphatic heterocycles. The average Bonchev–Trinajstić information content (AvgIpc) is 2.58. The number of anilines is 1. The summed E-state index contributed by atoms with van der Waals surface area (Å²) in [5, 5.41) is 3.64. The molecule has 1 amide bonds. The molecular formula is C11H10BrN3OS.